The molecule has 3 N–H and O–H groups in total. The van der Waals surface area contributed by atoms with Crippen molar-refractivity contribution in [1.82, 2.24) is 25.1 Å². The van der Waals surface area contributed by atoms with Crippen molar-refractivity contribution >= 4 is 28.4 Å². The molecule has 31 heavy (non-hydrogen) atoms. The number of fused-ring (bicyclic) bond motifs is 3. The highest BCUT2D eigenvalue weighted by Gasteiger charge is 2.40. The monoisotopic (exact) mass is 420 g/mol. The lowest BCUT2D eigenvalue weighted by atomic mass is 9.97. The van der Waals surface area contributed by atoms with E-state index in [-0.39, 0.29) is 11.9 Å². The maximum atomic E-state index is 14.0. The number of piperidine rings is 1. The summed E-state index contributed by atoms with van der Waals surface area (Å²) < 4.78 is 14.0. The number of aromatic amines is 1. The summed E-state index contributed by atoms with van der Waals surface area (Å²) in [4.78, 5) is 11.5. The summed E-state index contributed by atoms with van der Waals surface area (Å²) in [5.74, 6) is 1.53. The van der Waals surface area contributed by atoms with Crippen LogP contribution in [0.5, 0.6) is 0 Å². The van der Waals surface area contributed by atoms with Crippen molar-refractivity contribution in [3.63, 3.8) is 0 Å². The van der Waals surface area contributed by atoms with Crippen molar-refractivity contribution in [1.29, 1.82) is 5.26 Å². The maximum Gasteiger partial charge on any atom is 0.153 e. The standard InChI is InChI=1S/C22H25FN8/c1-13-7-21(30-29-13)27-20-11-19-18(8-14(23)12-25-19)22(28-20)26-15-9-16-3-4-17(10-15)31(16)6-2-5-24/h7-8,11-12,15-17H,2-4,6,9-10H2,1H3,(H3,26,27,28,29,30)/t15?,16-,17+. The first-order valence-electron chi connectivity index (χ1n) is 10.7. The molecule has 3 aromatic heterocycles. The van der Waals surface area contributed by atoms with Crippen molar-refractivity contribution in [2.24, 2.45) is 0 Å². The quantitative estimate of drug-likeness (QED) is 0.556. The van der Waals surface area contributed by atoms with Gasteiger partial charge in [0.05, 0.1) is 17.8 Å². The zero-order chi connectivity index (χ0) is 21.4. The van der Waals surface area contributed by atoms with Crippen molar-refractivity contribution in [2.45, 2.75) is 57.2 Å². The molecule has 0 radical (unpaired) electrons. The number of anilines is 3. The van der Waals surface area contributed by atoms with Crippen LogP contribution in [0.15, 0.2) is 24.4 Å². The summed E-state index contributed by atoms with van der Waals surface area (Å²) >= 11 is 0. The second-order valence-electron chi connectivity index (χ2n) is 8.48. The second kappa shape index (κ2) is 8.12. The highest BCUT2D eigenvalue weighted by Crippen LogP contribution is 2.37. The summed E-state index contributed by atoms with van der Waals surface area (Å²) in [6.45, 7) is 2.78. The third-order valence-electron chi connectivity index (χ3n) is 6.32. The number of aryl methyl sites for hydroxylation is 1. The smallest absolute Gasteiger partial charge is 0.153 e. The molecule has 5 heterocycles. The van der Waals surface area contributed by atoms with E-state index < -0.39 is 0 Å². The minimum atomic E-state index is -0.382. The van der Waals surface area contributed by atoms with Crippen molar-refractivity contribution in [2.75, 3.05) is 17.2 Å². The highest BCUT2D eigenvalue weighted by molar-refractivity contribution is 5.91. The van der Waals surface area contributed by atoms with Gasteiger partial charge in [-0.3, -0.25) is 15.0 Å². The minimum absolute atomic E-state index is 0.248. The fourth-order valence-corrected chi connectivity index (χ4v) is 5.01. The molecule has 0 amide bonds. The summed E-state index contributed by atoms with van der Waals surface area (Å²) in [6, 6.07) is 8.66. The van der Waals surface area contributed by atoms with Gasteiger partial charge in [-0.1, -0.05) is 0 Å². The molecule has 2 aliphatic heterocycles. The molecule has 0 aliphatic carbocycles. The Bertz CT molecular complexity index is 1120. The Morgan fingerprint density at radius 3 is 2.74 bits per heavy atom. The molecule has 5 rings (SSSR count). The normalized spacial score (nSPS) is 23.1. The van der Waals surface area contributed by atoms with Gasteiger partial charge in [-0.25, -0.2) is 9.37 Å². The molecule has 1 unspecified atom stereocenters. The lowest BCUT2D eigenvalue weighted by Crippen LogP contribution is -2.47. The van der Waals surface area contributed by atoms with Crippen LogP contribution in [-0.4, -0.2) is 49.7 Å². The zero-order valence-corrected chi connectivity index (χ0v) is 17.4. The molecule has 0 saturated carbocycles. The first kappa shape index (κ1) is 19.7. The summed E-state index contributed by atoms with van der Waals surface area (Å²) in [5.41, 5.74) is 1.61. The fraction of sp³-hybridized carbons (Fsp3) is 0.455. The number of hydrogen-bond acceptors (Lipinski definition) is 7. The van der Waals surface area contributed by atoms with Crippen LogP contribution in [0.1, 0.15) is 37.8 Å². The largest absolute Gasteiger partial charge is 0.367 e. The van der Waals surface area contributed by atoms with Gasteiger partial charge in [0.15, 0.2) is 5.82 Å². The molecular formula is C22H25FN8. The van der Waals surface area contributed by atoms with Gasteiger partial charge in [0.2, 0.25) is 0 Å². The maximum absolute atomic E-state index is 14.0. The van der Waals surface area contributed by atoms with E-state index in [0.29, 0.717) is 46.9 Å². The van der Waals surface area contributed by atoms with E-state index in [4.69, 9.17) is 10.2 Å². The van der Waals surface area contributed by atoms with Crippen LogP contribution in [0.4, 0.5) is 21.8 Å². The predicted octanol–water partition coefficient (Wildman–Crippen LogP) is 3.87. The van der Waals surface area contributed by atoms with Gasteiger partial charge in [0, 0.05) is 54.3 Å². The number of rotatable bonds is 6. The number of aromatic nitrogens is 4. The minimum Gasteiger partial charge on any atom is -0.367 e. The van der Waals surface area contributed by atoms with E-state index in [1.54, 1.807) is 6.07 Å². The van der Waals surface area contributed by atoms with E-state index in [1.165, 1.54) is 25.1 Å². The molecule has 0 aromatic carbocycles. The van der Waals surface area contributed by atoms with Gasteiger partial charge in [-0.05, 0) is 38.7 Å². The van der Waals surface area contributed by atoms with Crippen LogP contribution in [0.25, 0.3) is 10.9 Å². The Balaban J connectivity index is 1.41. The molecular weight excluding hydrogens is 395 g/mol. The van der Waals surface area contributed by atoms with Crippen LogP contribution in [0.3, 0.4) is 0 Å². The molecule has 9 heteroatoms. The lowest BCUT2D eigenvalue weighted by molar-refractivity contribution is 0.136. The Hall–Kier alpha value is -3.25. The first-order chi connectivity index (χ1) is 15.1. The summed E-state index contributed by atoms with van der Waals surface area (Å²) in [7, 11) is 0. The number of H-pyrrole nitrogens is 1. The van der Waals surface area contributed by atoms with E-state index in [1.807, 2.05) is 13.0 Å². The van der Waals surface area contributed by atoms with Crippen molar-refractivity contribution in [3.05, 3.63) is 35.9 Å². The Morgan fingerprint density at radius 2 is 2.03 bits per heavy atom. The number of nitrogens with zero attached hydrogens (tertiary/aromatic N) is 5. The Morgan fingerprint density at radius 1 is 1.23 bits per heavy atom. The number of nitriles is 1. The van der Waals surface area contributed by atoms with Crippen molar-refractivity contribution in [3.8, 4) is 6.07 Å². The van der Waals surface area contributed by atoms with E-state index >= 15 is 0 Å². The predicted molar refractivity (Wildman–Crippen MR) is 116 cm³/mol. The molecule has 2 aliphatic rings. The van der Waals surface area contributed by atoms with Gasteiger partial charge >= 0.3 is 0 Å². The van der Waals surface area contributed by atoms with E-state index in [2.05, 4.69) is 36.8 Å². The molecule has 160 valence electrons. The number of nitrogens with one attached hydrogen (secondary N) is 3. The molecule has 2 bridgehead atoms. The van der Waals surface area contributed by atoms with Crippen LogP contribution < -0.4 is 10.6 Å². The SMILES string of the molecule is Cc1cc(Nc2cc3ncc(F)cc3c(NC3C[C@H]4CC[C@@H](C3)N4CCC#N)n2)n[nH]1. The lowest BCUT2D eigenvalue weighted by Gasteiger charge is -2.39. The van der Waals surface area contributed by atoms with E-state index in [9.17, 15) is 4.39 Å². The topological polar surface area (TPSA) is 106 Å². The Kier molecular flexibility index (Phi) is 5.16. The molecule has 2 saturated heterocycles. The average Bonchev–Trinajstić information content (AvgIpc) is 3.25. The summed E-state index contributed by atoms with van der Waals surface area (Å²) in [6.07, 6.45) is 6.11. The molecule has 8 nitrogen and oxygen atoms in total. The first-order valence-corrected chi connectivity index (χ1v) is 10.7. The molecule has 0 spiro atoms. The zero-order valence-electron chi connectivity index (χ0n) is 17.4. The highest BCUT2D eigenvalue weighted by atomic mass is 19.1. The van der Waals surface area contributed by atoms with Crippen LogP contribution in [0, 0.1) is 24.1 Å². The van der Waals surface area contributed by atoms with Gasteiger partial charge in [-0.15, -0.1) is 0 Å². The second-order valence-corrected chi connectivity index (χ2v) is 8.48. The number of pyridine rings is 2. The summed E-state index contributed by atoms with van der Waals surface area (Å²) in [5, 5.41) is 23.5. The van der Waals surface area contributed by atoms with Crippen LogP contribution in [0.2, 0.25) is 0 Å². The number of hydrogen-bond donors (Lipinski definition) is 3. The van der Waals surface area contributed by atoms with Crippen molar-refractivity contribution < 1.29 is 4.39 Å². The van der Waals surface area contributed by atoms with E-state index in [0.717, 1.165) is 25.1 Å². The Labute approximate surface area is 179 Å². The average molecular weight is 420 g/mol. The molecule has 3 aromatic rings. The van der Waals surface area contributed by atoms with Crippen LogP contribution in [-0.2, 0) is 0 Å². The van der Waals surface area contributed by atoms with Gasteiger partial charge in [-0.2, -0.15) is 10.4 Å². The van der Waals surface area contributed by atoms with Gasteiger partial charge in [0.25, 0.3) is 0 Å². The van der Waals surface area contributed by atoms with Gasteiger partial charge < -0.3 is 10.6 Å². The fourth-order valence-electron chi connectivity index (χ4n) is 5.01. The molecule has 2 fully saturated rings. The third-order valence-corrected chi connectivity index (χ3v) is 6.32. The third kappa shape index (κ3) is 4.03. The van der Waals surface area contributed by atoms with Gasteiger partial charge in [0.1, 0.15) is 17.5 Å². The van der Waals surface area contributed by atoms with Crippen LogP contribution >= 0.6 is 0 Å². The number of halogens is 1. The molecule has 3 atom stereocenters.